The summed E-state index contributed by atoms with van der Waals surface area (Å²) < 4.78 is 0. The molecule has 4 aromatic carbocycles. The zero-order valence-electron chi connectivity index (χ0n) is 82.2. The summed E-state index contributed by atoms with van der Waals surface area (Å²) in [4.78, 5) is 334. The van der Waals surface area contributed by atoms with Crippen molar-refractivity contribution in [3.05, 3.63) is 138 Å². The molecule has 0 saturated carbocycles. The van der Waals surface area contributed by atoms with Crippen molar-refractivity contribution < 1.29 is 151 Å². The lowest BCUT2D eigenvalue weighted by molar-refractivity contribution is -0.141. The Morgan fingerprint density at radius 1 is 0.369 bits per heavy atom. The quantitative estimate of drug-likeness (QED) is 0.0179. The number of H-pyrrole nitrogens is 2. The summed E-state index contributed by atoms with van der Waals surface area (Å²) >= 11 is 0. The highest BCUT2D eigenvalue weighted by Gasteiger charge is 2.42. The number of benzene rings is 4. The Hall–Kier alpha value is -17.0. The number of carboxylic acids is 6. The van der Waals surface area contributed by atoms with Gasteiger partial charge in [0.25, 0.3) is 0 Å². The van der Waals surface area contributed by atoms with E-state index in [9.17, 15) is 151 Å². The highest BCUT2D eigenvalue weighted by molar-refractivity contribution is 6.03. The minimum atomic E-state index is -2.14. The van der Waals surface area contributed by atoms with E-state index >= 15 is 0 Å². The van der Waals surface area contributed by atoms with Crippen molar-refractivity contribution in [2.45, 2.75) is 260 Å². The summed E-state index contributed by atoms with van der Waals surface area (Å²) in [6, 6.07) is 1.83. The highest BCUT2D eigenvalue weighted by atomic mass is 16.4. The molecule has 2 fully saturated rings. The van der Waals surface area contributed by atoms with Gasteiger partial charge in [-0.05, 0) is 129 Å². The number of aliphatic carboxylic acids is 6. The summed E-state index contributed by atoms with van der Waals surface area (Å²) in [7, 11) is 0. The lowest BCUT2D eigenvalue weighted by atomic mass is 9.99. The molecule has 0 bridgehead atoms. The van der Waals surface area contributed by atoms with Crippen LogP contribution in [0.5, 0.6) is 5.75 Å². The van der Waals surface area contributed by atoms with Crippen LogP contribution in [0.15, 0.2) is 116 Å². The molecule has 18 amide bonds. The van der Waals surface area contributed by atoms with E-state index in [1.54, 1.807) is 119 Å². The van der Waals surface area contributed by atoms with Crippen LogP contribution < -0.4 is 90.8 Å². The average molecular weight is 2080 g/mol. The van der Waals surface area contributed by atoms with E-state index in [4.69, 9.17) is 5.73 Å². The molecule has 2 aliphatic rings. The molecule has 804 valence electrons. The van der Waals surface area contributed by atoms with Crippen molar-refractivity contribution in [2.75, 3.05) is 19.6 Å². The van der Waals surface area contributed by atoms with E-state index in [0.29, 0.717) is 44.9 Å². The summed E-state index contributed by atoms with van der Waals surface area (Å²) in [5.74, 6) is -29.7. The number of phenolic OH excluding ortho intramolecular Hbond substituents is 1. The number of primary amides is 1. The second-order valence-electron chi connectivity index (χ2n) is 37.0. The molecule has 0 aliphatic carbocycles. The SMILES string of the molecule is CC(C)C[C@H](NC(=O)[C@H](Cc1c[nH]c2ccccc12)NC(=O)CNC(=O)[C@H](Cc1ccc(O)cc1)NC(=O)[C@H](C)NC(=O)[C@H](CCC(=O)O)NC(=O)[C@H](CCC(=O)O)NC(=O)[C@H](CCC(=O)O)NC(=O)[C@H](CCC(=O)O)NC(=O)[C@H](CCC(=O)O)NC(=O)[C@H](CC(C)C)NC(=O)[C@H](Cc1c[nH]c2ccccc12)NC(=O)[C@@H]1CCCN1C(=O)CNC(=O)[C@@H]1CCC(=O)N1)C(=O)N[C@@H](CC(=O)O)C(=O)N[C@@H](Cc1ccccc1)C(N)=O. The molecule has 2 saturated heterocycles. The average Bonchev–Trinajstić information content (AvgIpc) is 1.68. The van der Waals surface area contributed by atoms with Gasteiger partial charge in [-0.3, -0.25) is 115 Å². The van der Waals surface area contributed by atoms with Crippen molar-refractivity contribution in [3.8, 4) is 5.75 Å². The Labute approximate surface area is 851 Å². The first-order chi connectivity index (χ1) is 70.6. The number of hydrogen-bond donors (Lipinski definition) is 26. The van der Waals surface area contributed by atoms with Gasteiger partial charge in [-0.2, -0.15) is 0 Å². The first-order valence-electron chi connectivity index (χ1n) is 48.2. The molecule has 2 aromatic heterocycles. The number of amides is 18. The van der Waals surface area contributed by atoms with E-state index in [0.717, 1.165) is 6.92 Å². The summed E-state index contributed by atoms with van der Waals surface area (Å²) in [5.41, 5.74) is 8.66. The summed E-state index contributed by atoms with van der Waals surface area (Å²) in [6.45, 7) is 6.28. The zero-order chi connectivity index (χ0) is 110. The van der Waals surface area contributed by atoms with Gasteiger partial charge < -0.3 is 141 Å². The van der Waals surface area contributed by atoms with Crippen LogP contribution in [-0.2, 0) is 141 Å². The van der Waals surface area contributed by atoms with Gasteiger partial charge in [-0.15, -0.1) is 0 Å². The van der Waals surface area contributed by atoms with Gasteiger partial charge >= 0.3 is 35.8 Å². The van der Waals surface area contributed by atoms with Crippen LogP contribution in [0, 0.1) is 11.8 Å². The molecule has 0 spiro atoms. The largest absolute Gasteiger partial charge is 0.508 e. The predicted octanol–water partition coefficient (Wildman–Crippen LogP) is -3.17. The van der Waals surface area contributed by atoms with Gasteiger partial charge in [0.15, 0.2) is 0 Å². The molecule has 15 atom stereocenters. The van der Waals surface area contributed by atoms with E-state index < -0.39 is 323 Å². The van der Waals surface area contributed by atoms with Gasteiger partial charge in [0.1, 0.15) is 96.4 Å². The molecular formula is C98H126N20O31. The number of para-hydroxylation sites is 2. The number of rotatable bonds is 61. The molecule has 0 radical (unpaired) electrons. The number of phenols is 1. The monoisotopic (exact) mass is 2080 g/mol. The van der Waals surface area contributed by atoms with Crippen LogP contribution in [0.2, 0.25) is 0 Å². The number of nitrogens with zero attached hydrogens (tertiary/aromatic N) is 1. The van der Waals surface area contributed by atoms with Crippen molar-refractivity contribution in [3.63, 3.8) is 0 Å². The van der Waals surface area contributed by atoms with Gasteiger partial charge in [-0.25, -0.2) is 0 Å². The number of aromatic amines is 2. The van der Waals surface area contributed by atoms with Crippen LogP contribution in [0.1, 0.15) is 166 Å². The Balaban J connectivity index is 0.958. The standard InChI is InChI=1S/C98H126N20O31/c1-49(2)38-68(115-96(147)72(43-55-46-101-60-19-12-10-17-58(55)60)117-98(149)74-20-13-37-118(74)77(122)48-103-86(137)61-25-31-75(120)105-61)93(144)111-66(30-36-82(131)132)92(143)110-65(29-35-81(129)130)91(142)109-64(28-34-80(127)128)90(141)108-63(27-33-79(125)126)89(140)107-62(26-32-78(123)124)88(139)104-51(5)85(136)113-70(41-53-21-23-56(119)24-22-53)87(138)102-47-76(121)106-71(42-54-45-100-59-18-11-9-16-57(54)59)95(146)114-69(39-50(3)4)94(145)116-73(44-83(133)134)97(148)112-67(84(99)135)40-52-14-7-6-8-15-52/h6-12,14-19,21-24,45-46,49-51,61-74,100-101,119H,13,20,25-44,47-48H2,1-5H3,(H2,99,135)(H,102,138)(H,103,137)(H,104,139)(H,105,120)(H,106,121)(H,107,140)(H,108,141)(H,109,142)(H,110,143)(H,111,144)(H,112,148)(H,113,136)(H,114,146)(H,115,147)(H,116,145)(H,117,149)(H,123,124)(H,125,126)(H,127,128)(H,129,130)(H,131,132)(H,133,134)/t51-,61-,62-,63-,64-,65-,66-,67-,68-,69-,70-,71-,72-,73-,74-/m0/s1. The molecular weight excluding hydrogens is 1950 g/mol. The molecule has 6 aromatic rings. The minimum Gasteiger partial charge on any atom is -0.508 e. The maximum Gasteiger partial charge on any atom is 0.305 e. The minimum absolute atomic E-state index is 0.0743. The zero-order valence-corrected chi connectivity index (χ0v) is 82.2. The van der Waals surface area contributed by atoms with Crippen molar-refractivity contribution in [1.82, 2.24) is 99.9 Å². The molecule has 8 rings (SSSR count). The van der Waals surface area contributed by atoms with Gasteiger partial charge in [-0.1, -0.05) is 107 Å². The van der Waals surface area contributed by atoms with Gasteiger partial charge in [0.05, 0.1) is 19.5 Å². The Morgan fingerprint density at radius 3 is 1.16 bits per heavy atom. The number of carbonyl (C=O) groups is 24. The maximum absolute atomic E-state index is 14.9. The number of nitrogens with two attached hydrogens (primary N) is 1. The third-order valence-corrected chi connectivity index (χ3v) is 24.3. The number of likely N-dealkylation sites (tertiary alicyclic amines) is 1. The molecule has 27 N–H and O–H groups in total. The van der Waals surface area contributed by atoms with Crippen molar-refractivity contribution >= 4 is 164 Å². The first-order valence-corrected chi connectivity index (χ1v) is 48.2. The van der Waals surface area contributed by atoms with E-state index in [-0.39, 0.29) is 81.0 Å². The maximum atomic E-state index is 14.9. The van der Waals surface area contributed by atoms with Crippen molar-refractivity contribution in [2.24, 2.45) is 17.6 Å². The predicted molar refractivity (Wildman–Crippen MR) is 523 cm³/mol. The molecule has 51 heteroatoms. The second-order valence-corrected chi connectivity index (χ2v) is 37.0. The molecule has 0 unspecified atom stereocenters. The van der Waals surface area contributed by atoms with Crippen LogP contribution in [0.25, 0.3) is 21.8 Å². The topological polar surface area (TPSA) is 805 Å². The van der Waals surface area contributed by atoms with Crippen LogP contribution >= 0.6 is 0 Å². The fourth-order valence-corrected chi connectivity index (χ4v) is 16.5. The normalized spacial score (nSPS) is 15.8. The van der Waals surface area contributed by atoms with E-state index in [2.05, 4.69) is 95.0 Å². The van der Waals surface area contributed by atoms with E-state index in [1.165, 1.54) is 29.2 Å². The third kappa shape index (κ3) is 38.2. The summed E-state index contributed by atoms with van der Waals surface area (Å²) in [5, 5.41) is 109. The lowest BCUT2D eigenvalue weighted by Crippen LogP contribution is -2.61. The summed E-state index contributed by atoms with van der Waals surface area (Å²) in [6.07, 6.45) is -7.57. The lowest BCUT2D eigenvalue weighted by Gasteiger charge is -2.29. The van der Waals surface area contributed by atoms with Crippen LogP contribution in [0.4, 0.5) is 0 Å². The van der Waals surface area contributed by atoms with Crippen LogP contribution in [0.3, 0.4) is 0 Å². The number of aromatic hydroxyl groups is 1. The molecule has 2 aliphatic heterocycles. The highest BCUT2D eigenvalue weighted by Crippen LogP contribution is 2.25. The second kappa shape index (κ2) is 57.1. The number of hydrogen-bond acceptors (Lipinski definition) is 25. The number of carbonyl (C=O) groups excluding carboxylic acids is 18. The van der Waals surface area contributed by atoms with Gasteiger partial charge in [0.2, 0.25) is 106 Å². The fraction of sp³-hybridized carbons (Fsp3) is 0.469. The Kier molecular flexibility index (Phi) is 44.9. The number of nitrogens with one attached hydrogen (secondary N) is 18. The van der Waals surface area contributed by atoms with Crippen molar-refractivity contribution in [1.29, 1.82) is 0 Å². The fourth-order valence-electron chi connectivity index (χ4n) is 16.5. The van der Waals surface area contributed by atoms with Gasteiger partial charge in [0, 0.05) is 105 Å². The smallest absolute Gasteiger partial charge is 0.305 e. The molecule has 149 heavy (non-hydrogen) atoms. The first kappa shape index (κ1) is 117. The van der Waals surface area contributed by atoms with Crippen LogP contribution in [-0.4, -0.2) is 303 Å². The van der Waals surface area contributed by atoms with E-state index in [1.807, 2.05) is 0 Å². The third-order valence-electron chi connectivity index (χ3n) is 24.3. The Morgan fingerprint density at radius 2 is 0.738 bits per heavy atom. The number of carboxylic acid groups (broad SMARTS) is 6. The number of aromatic nitrogens is 2. The number of fused-ring (bicyclic) bond motifs is 2. The molecule has 51 nitrogen and oxygen atoms in total. The molecule has 4 heterocycles. The Bertz CT molecular complexity index is 5890.